The van der Waals surface area contributed by atoms with Crippen molar-refractivity contribution in [1.82, 2.24) is 15.1 Å². The summed E-state index contributed by atoms with van der Waals surface area (Å²) in [5, 5.41) is 3.10. The maximum atomic E-state index is 12.5. The summed E-state index contributed by atoms with van der Waals surface area (Å²) in [6.07, 6.45) is 1.49. The molecule has 1 fully saturated rings. The van der Waals surface area contributed by atoms with E-state index in [1.165, 1.54) is 11.3 Å². The third kappa shape index (κ3) is 5.88. The first-order chi connectivity index (χ1) is 13.5. The van der Waals surface area contributed by atoms with Gasteiger partial charge in [0.05, 0.1) is 0 Å². The molecule has 1 N–H and O–H groups in total. The molecule has 2 rings (SSSR count). The van der Waals surface area contributed by atoms with Gasteiger partial charge in [0.2, 0.25) is 5.91 Å². The van der Waals surface area contributed by atoms with Gasteiger partial charge in [-0.2, -0.15) is 0 Å². The molecule has 0 bridgehead atoms. The number of nitrogens with zero attached hydrogens (tertiary/aromatic N) is 3. The number of urea groups is 1. The van der Waals surface area contributed by atoms with E-state index < -0.39 is 0 Å². The molecule has 0 aliphatic carbocycles. The molecule has 0 radical (unpaired) electrons. The predicted octanol–water partition coefficient (Wildman–Crippen LogP) is 3.11. The highest BCUT2D eigenvalue weighted by Crippen LogP contribution is 2.19. The highest BCUT2D eigenvalue weighted by atomic mass is 16.2. The third-order valence-corrected chi connectivity index (χ3v) is 5.60. The number of carbonyl (C=O) groups excluding carboxylic acids is 2. The first kappa shape index (κ1) is 22.1. The average Bonchev–Trinajstić information content (AvgIpc) is 2.72. The number of anilines is 1. The first-order valence-electron chi connectivity index (χ1n) is 10.6. The number of likely N-dealkylation sites (tertiary alicyclic amines) is 1. The number of amides is 3. The molecule has 1 aliphatic rings. The van der Waals surface area contributed by atoms with Crippen LogP contribution in [0.3, 0.4) is 0 Å². The van der Waals surface area contributed by atoms with Crippen molar-refractivity contribution in [1.29, 1.82) is 0 Å². The number of nitrogens with one attached hydrogen (secondary N) is 1. The second kappa shape index (κ2) is 10.9. The molecule has 6 heteroatoms. The van der Waals surface area contributed by atoms with Crippen molar-refractivity contribution < 1.29 is 9.59 Å². The quantitative estimate of drug-likeness (QED) is 0.744. The van der Waals surface area contributed by atoms with Crippen molar-refractivity contribution in [2.45, 2.75) is 40.5 Å². The number of rotatable bonds is 8. The van der Waals surface area contributed by atoms with E-state index in [1.54, 1.807) is 0 Å². The normalized spacial score (nSPS) is 14.6. The van der Waals surface area contributed by atoms with Crippen molar-refractivity contribution in [3.8, 4) is 0 Å². The summed E-state index contributed by atoms with van der Waals surface area (Å²) >= 11 is 0. The monoisotopic (exact) mass is 388 g/mol. The van der Waals surface area contributed by atoms with Crippen LogP contribution in [0.4, 0.5) is 10.5 Å². The van der Waals surface area contributed by atoms with Gasteiger partial charge < -0.3 is 20.0 Å². The van der Waals surface area contributed by atoms with Crippen LogP contribution in [0.25, 0.3) is 0 Å². The van der Waals surface area contributed by atoms with Crippen molar-refractivity contribution in [2.75, 3.05) is 50.7 Å². The van der Waals surface area contributed by atoms with Crippen LogP contribution in [0.15, 0.2) is 24.3 Å². The van der Waals surface area contributed by atoms with Crippen molar-refractivity contribution >= 4 is 17.6 Å². The minimum Gasteiger partial charge on any atom is -0.370 e. The van der Waals surface area contributed by atoms with Crippen LogP contribution in [0.1, 0.15) is 39.2 Å². The molecule has 1 heterocycles. The summed E-state index contributed by atoms with van der Waals surface area (Å²) in [5.41, 5.74) is 2.44. The molecule has 156 valence electrons. The van der Waals surface area contributed by atoms with Crippen LogP contribution >= 0.6 is 0 Å². The summed E-state index contributed by atoms with van der Waals surface area (Å²) in [4.78, 5) is 31.0. The number of hydrogen-bond donors (Lipinski definition) is 1. The van der Waals surface area contributed by atoms with Gasteiger partial charge in [-0.15, -0.1) is 0 Å². The fourth-order valence-corrected chi connectivity index (χ4v) is 3.78. The molecule has 1 aromatic carbocycles. The Bertz CT molecular complexity index is 637. The van der Waals surface area contributed by atoms with E-state index in [0.29, 0.717) is 19.6 Å². The van der Waals surface area contributed by atoms with Gasteiger partial charge in [0, 0.05) is 57.4 Å². The molecule has 28 heavy (non-hydrogen) atoms. The molecule has 0 unspecified atom stereocenters. The fourth-order valence-electron chi connectivity index (χ4n) is 3.78. The molecule has 1 aromatic rings. The molecule has 0 atom stereocenters. The lowest BCUT2D eigenvalue weighted by atomic mass is 9.96. The summed E-state index contributed by atoms with van der Waals surface area (Å²) in [6.45, 7) is 13.3. The maximum Gasteiger partial charge on any atom is 0.319 e. The minimum absolute atomic E-state index is 0.00907. The molecular weight excluding hydrogens is 352 g/mol. The van der Waals surface area contributed by atoms with Gasteiger partial charge in [0.1, 0.15) is 0 Å². The van der Waals surface area contributed by atoms with E-state index in [9.17, 15) is 9.59 Å². The largest absolute Gasteiger partial charge is 0.370 e. The zero-order valence-corrected chi connectivity index (χ0v) is 17.9. The molecule has 0 aromatic heterocycles. The minimum atomic E-state index is 0.00907. The van der Waals surface area contributed by atoms with Gasteiger partial charge >= 0.3 is 6.03 Å². The van der Waals surface area contributed by atoms with Crippen LogP contribution in [-0.2, 0) is 4.79 Å². The van der Waals surface area contributed by atoms with Gasteiger partial charge in [-0.3, -0.25) is 4.79 Å². The molecule has 0 spiro atoms. The fraction of sp³-hybridized carbons (Fsp3) is 0.636. The average molecular weight is 389 g/mol. The van der Waals surface area contributed by atoms with Crippen molar-refractivity contribution in [3.05, 3.63) is 29.8 Å². The lowest BCUT2D eigenvalue weighted by molar-refractivity contribution is -0.126. The Morgan fingerprint density at radius 3 is 2.36 bits per heavy atom. The highest BCUT2D eigenvalue weighted by molar-refractivity contribution is 5.79. The van der Waals surface area contributed by atoms with Crippen molar-refractivity contribution in [3.63, 3.8) is 0 Å². The third-order valence-electron chi connectivity index (χ3n) is 5.60. The molecule has 1 saturated heterocycles. The van der Waals surface area contributed by atoms with E-state index in [2.05, 4.69) is 48.3 Å². The van der Waals surface area contributed by atoms with E-state index in [1.807, 2.05) is 23.6 Å². The zero-order chi connectivity index (χ0) is 20.5. The number of likely N-dealkylation sites (N-methyl/N-ethyl adjacent to an activating group) is 1. The number of hydrogen-bond acceptors (Lipinski definition) is 3. The number of piperidine rings is 1. The molecule has 0 saturated carbocycles. The number of aryl methyl sites for hydroxylation is 1. The smallest absolute Gasteiger partial charge is 0.319 e. The molecule has 6 nitrogen and oxygen atoms in total. The zero-order valence-electron chi connectivity index (χ0n) is 17.9. The lowest BCUT2D eigenvalue weighted by Gasteiger charge is -2.34. The van der Waals surface area contributed by atoms with Gasteiger partial charge in [0.25, 0.3) is 0 Å². The maximum absolute atomic E-state index is 12.5. The van der Waals surface area contributed by atoms with E-state index in [-0.39, 0.29) is 17.9 Å². The Labute approximate surface area is 169 Å². The Kier molecular flexibility index (Phi) is 8.61. The van der Waals surface area contributed by atoms with Crippen LogP contribution in [0.5, 0.6) is 0 Å². The molecular formula is C22H36N4O2. The van der Waals surface area contributed by atoms with E-state index in [4.69, 9.17) is 0 Å². The van der Waals surface area contributed by atoms with Gasteiger partial charge in [-0.1, -0.05) is 12.1 Å². The highest BCUT2D eigenvalue weighted by Gasteiger charge is 2.28. The second-order valence-electron chi connectivity index (χ2n) is 7.43. The summed E-state index contributed by atoms with van der Waals surface area (Å²) < 4.78 is 0. The Morgan fingerprint density at radius 1 is 1.11 bits per heavy atom. The van der Waals surface area contributed by atoms with Crippen LogP contribution in [-0.4, -0.2) is 67.6 Å². The Hall–Kier alpha value is -2.24. The van der Waals surface area contributed by atoms with Gasteiger partial charge in [-0.25, -0.2) is 4.79 Å². The summed E-state index contributed by atoms with van der Waals surface area (Å²) in [5.74, 6) is 0.130. The Balaban J connectivity index is 1.76. The number of benzene rings is 1. The topological polar surface area (TPSA) is 55.9 Å². The van der Waals surface area contributed by atoms with E-state index >= 15 is 0 Å². The van der Waals surface area contributed by atoms with Crippen molar-refractivity contribution in [2.24, 2.45) is 5.92 Å². The predicted molar refractivity (Wildman–Crippen MR) is 115 cm³/mol. The SMILES string of the molecule is CCN(CC)C(=O)N1CCC(C(=O)NCCN(CC)c2cccc(C)c2)CC1. The van der Waals surface area contributed by atoms with Crippen LogP contribution in [0.2, 0.25) is 0 Å². The molecule has 1 aliphatic heterocycles. The Morgan fingerprint density at radius 2 is 1.79 bits per heavy atom. The lowest BCUT2D eigenvalue weighted by Crippen LogP contribution is -2.48. The van der Waals surface area contributed by atoms with Gasteiger partial charge in [-0.05, 0) is 58.2 Å². The van der Waals surface area contributed by atoms with E-state index in [0.717, 1.165) is 39.0 Å². The standard InChI is InChI=1S/C22H36N4O2/c1-5-24(6-2)22(28)26-14-11-19(12-15-26)21(27)23-13-16-25(7-3)20-10-8-9-18(4)17-20/h8-10,17,19H,5-7,11-16H2,1-4H3,(H,23,27). The van der Waals surface area contributed by atoms with Crippen LogP contribution < -0.4 is 10.2 Å². The second-order valence-corrected chi connectivity index (χ2v) is 7.43. The van der Waals surface area contributed by atoms with Gasteiger partial charge in [0.15, 0.2) is 0 Å². The number of carbonyl (C=O) groups is 2. The summed E-state index contributed by atoms with van der Waals surface area (Å²) in [6, 6.07) is 8.55. The van der Waals surface area contributed by atoms with Crippen LogP contribution in [0, 0.1) is 12.8 Å². The summed E-state index contributed by atoms with van der Waals surface area (Å²) in [7, 11) is 0. The first-order valence-corrected chi connectivity index (χ1v) is 10.6. The molecule has 3 amide bonds.